The summed E-state index contributed by atoms with van der Waals surface area (Å²) in [5.41, 5.74) is 0.847. The average molecular weight is 266 g/mol. The lowest BCUT2D eigenvalue weighted by Gasteiger charge is -2.26. The molecule has 5 heteroatoms. The van der Waals surface area contributed by atoms with Crippen LogP contribution in [0.2, 0.25) is 0 Å². The first-order valence-electron chi connectivity index (χ1n) is 6.60. The van der Waals surface area contributed by atoms with E-state index in [4.69, 9.17) is 0 Å². The van der Waals surface area contributed by atoms with Crippen LogP contribution in [0.4, 0.5) is 9.18 Å². The molecule has 0 heterocycles. The molecule has 2 atom stereocenters. The third kappa shape index (κ3) is 4.52. The molecule has 1 saturated carbocycles. The Morgan fingerprint density at radius 3 is 2.74 bits per heavy atom. The van der Waals surface area contributed by atoms with Crippen LogP contribution in [0.15, 0.2) is 24.3 Å². The van der Waals surface area contributed by atoms with Crippen molar-refractivity contribution in [1.29, 1.82) is 0 Å². The number of urea groups is 1. The predicted octanol–water partition coefficient (Wildman–Crippen LogP) is 1.93. The molecule has 0 unspecified atom stereocenters. The number of amides is 2. The molecule has 2 amide bonds. The molecule has 1 aliphatic carbocycles. The fourth-order valence-electron chi connectivity index (χ4n) is 2.32. The van der Waals surface area contributed by atoms with Crippen LogP contribution < -0.4 is 10.6 Å². The molecule has 19 heavy (non-hydrogen) atoms. The van der Waals surface area contributed by atoms with Crippen LogP contribution in [-0.4, -0.2) is 23.3 Å². The van der Waals surface area contributed by atoms with Crippen molar-refractivity contribution < 1.29 is 14.3 Å². The molecular weight excluding hydrogens is 247 g/mol. The molecule has 0 aliphatic heterocycles. The summed E-state index contributed by atoms with van der Waals surface area (Å²) in [6.07, 6.45) is 2.96. The van der Waals surface area contributed by atoms with Crippen molar-refractivity contribution in [2.45, 2.75) is 44.4 Å². The van der Waals surface area contributed by atoms with E-state index in [1.54, 1.807) is 12.1 Å². The molecule has 1 aromatic rings. The zero-order chi connectivity index (χ0) is 13.7. The van der Waals surface area contributed by atoms with Crippen molar-refractivity contribution in [1.82, 2.24) is 10.6 Å². The third-order valence-electron chi connectivity index (χ3n) is 3.35. The summed E-state index contributed by atoms with van der Waals surface area (Å²) in [6.45, 7) is 0.362. The van der Waals surface area contributed by atoms with E-state index in [0.717, 1.165) is 24.8 Å². The molecular formula is C14H19FN2O2. The number of nitrogens with one attached hydrogen (secondary N) is 2. The first-order chi connectivity index (χ1) is 9.13. The fraction of sp³-hybridized carbons (Fsp3) is 0.500. The van der Waals surface area contributed by atoms with Gasteiger partial charge in [-0.05, 0) is 43.4 Å². The summed E-state index contributed by atoms with van der Waals surface area (Å²) >= 11 is 0. The van der Waals surface area contributed by atoms with E-state index < -0.39 is 0 Å². The molecule has 1 fully saturated rings. The molecule has 0 aromatic heterocycles. The summed E-state index contributed by atoms with van der Waals surface area (Å²) in [5.74, 6) is -0.288. The number of benzene rings is 1. The Balaban J connectivity index is 1.73. The number of carbonyl (C=O) groups is 1. The van der Waals surface area contributed by atoms with Gasteiger partial charge in [0.05, 0.1) is 6.10 Å². The highest BCUT2D eigenvalue weighted by Gasteiger charge is 2.21. The number of hydrogen-bond acceptors (Lipinski definition) is 2. The number of aliphatic hydroxyl groups is 1. The summed E-state index contributed by atoms with van der Waals surface area (Å²) in [7, 11) is 0. The van der Waals surface area contributed by atoms with E-state index >= 15 is 0 Å². The number of hydrogen-bond donors (Lipinski definition) is 3. The molecule has 4 nitrogen and oxygen atoms in total. The van der Waals surface area contributed by atoms with E-state index in [1.165, 1.54) is 12.1 Å². The molecule has 1 aliphatic rings. The minimum Gasteiger partial charge on any atom is -0.393 e. The van der Waals surface area contributed by atoms with Gasteiger partial charge >= 0.3 is 6.03 Å². The van der Waals surface area contributed by atoms with Crippen LogP contribution in [0.5, 0.6) is 0 Å². The summed E-state index contributed by atoms with van der Waals surface area (Å²) in [5, 5.41) is 15.1. The van der Waals surface area contributed by atoms with Crippen molar-refractivity contribution in [2.24, 2.45) is 0 Å². The van der Waals surface area contributed by atoms with Crippen molar-refractivity contribution in [3.63, 3.8) is 0 Å². The van der Waals surface area contributed by atoms with Gasteiger partial charge in [0.1, 0.15) is 5.82 Å². The van der Waals surface area contributed by atoms with E-state index in [0.29, 0.717) is 13.0 Å². The largest absolute Gasteiger partial charge is 0.393 e. The van der Waals surface area contributed by atoms with Crippen LogP contribution in [0.3, 0.4) is 0 Å². The second kappa shape index (κ2) is 6.52. The second-order valence-corrected chi connectivity index (χ2v) is 4.97. The normalized spacial score (nSPS) is 22.8. The Morgan fingerprint density at radius 1 is 1.32 bits per heavy atom. The SMILES string of the molecule is O=C(NCc1ccc(F)cc1)N[C@H]1CCC[C@@H](O)C1. The van der Waals surface area contributed by atoms with Crippen molar-refractivity contribution in [2.75, 3.05) is 0 Å². The van der Waals surface area contributed by atoms with Gasteiger partial charge in [-0.15, -0.1) is 0 Å². The lowest BCUT2D eigenvalue weighted by Crippen LogP contribution is -2.44. The van der Waals surface area contributed by atoms with E-state index in [9.17, 15) is 14.3 Å². The molecule has 104 valence electrons. The fourth-order valence-corrected chi connectivity index (χ4v) is 2.32. The van der Waals surface area contributed by atoms with Gasteiger partial charge in [0.15, 0.2) is 0 Å². The Kier molecular flexibility index (Phi) is 4.74. The number of halogens is 1. The first-order valence-corrected chi connectivity index (χ1v) is 6.60. The Labute approximate surface area is 112 Å². The smallest absolute Gasteiger partial charge is 0.315 e. The van der Waals surface area contributed by atoms with Crippen molar-refractivity contribution >= 4 is 6.03 Å². The Bertz CT molecular complexity index is 422. The standard InChI is InChI=1S/C14H19FN2O2/c15-11-6-4-10(5-7-11)9-16-14(19)17-12-2-1-3-13(18)8-12/h4-7,12-13,18H,1-3,8-9H2,(H2,16,17,19)/t12-,13+/m0/s1. The van der Waals surface area contributed by atoms with E-state index in [1.807, 2.05) is 0 Å². The van der Waals surface area contributed by atoms with Crippen LogP contribution in [0.1, 0.15) is 31.2 Å². The lowest BCUT2D eigenvalue weighted by molar-refractivity contribution is 0.113. The van der Waals surface area contributed by atoms with Crippen LogP contribution in [0, 0.1) is 5.82 Å². The van der Waals surface area contributed by atoms with Gasteiger partial charge in [-0.25, -0.2) is 9.18 Å². The number of aliphatic hydroxyl groups excluding tert-OH is 1. The highest BCUT2D eigenvalue weighted by Crippen LogP contribution is 2.18. The maximum Gasteiger partial charge on any atom is 0.315 e. The minimum atomic E-state index is -0.309. The molecule has 1 aromatic carbocycles. The number of carbonyl (C=O) groups excluding carboxylic acids is 1. The Morgan fingerprint density at radius 2 is 2.05 bits per heavy atom. The highest BCUT2D eigenvalue weighted by molar-refractivity contribution is 5.74. The van der Waals surface area contributed by atoms with Gasteiger partial charge < -0.3 is 15.7 Å². The van der Waals surface area contributed by atoms with Gasteiger partial charge in [0, 0.05) is 12.6 Å². The van der Waals surface area contributed by atoms with E-state index in [2.05, 4.69) is 10.6 Å². The maximum atomic E-state index is 12.7. The predicted molar refractivity (Wildman–Crippen MR) is 70.0 cm³/mol. The summed E-state index contributed by atoms with van der Waals surface area (Å²) < 4.78 is 12.7. The topological polar surface area (TPSA) is 61.4 Å². The van der Waals surface area contributed by atoms with E-state index in [-0.39, 0.29) is 24.0 Å². The second-order valence-electron chi connectivity index (χ2n) is 4.97. The monoisotopic (exact) mass is 266 g/mol. The van der Waals surface area contributed by atoms with Crippen LogP contribution in [-0.2, 0) is 6.54 Å². The molecule has 0 bridgehead atoms. The minimum absolute atomic E-state index is 0.0389. The molecule has 2 rings (SSSR count). The molecule has 3 N–H and O–H groups in total. The lowest BCUT2D eigenvalue weighted by atomic mass is 9.93. The summed E-state index contributed by atoms with van der Waals surface area (Å²) in [6, 6.07) is 5.80. The van der Waals surface area contributed by atoms with Crippen molar-refractivity contribution in [3.05, 3.63) is 35.6 Å². The van der Waals surface area contributed by atoms with Gasteiger partial charge in [0.2, 0.25) is 0 Å². The molecule has 0 spiro atoms. The summed E-state index contributed by atoms with van der Waals surface area (Å²) in [4.78, 5) is 11.7. The van der Waals surface area contributed by atoms with Crippen LogP contribution in [0.25, 0.3) is 0 Å². The van der Waals surface area contributed by atoms with Gasteiger partial charge in [-0.2, -0.15) is 0 Å². The first kappa shape index (κ1) is 13.8. The third-order valence-corrected chi connectivity index (χ3v) is 3.35. The van der Waals surface area contributed by atoms with Gasteiger partial charge in [-0.1, -0.05) is 12.1 Å². The average Bonchev–Trinajstić information content (AvgIpc) is 2.38. The number of rotatable bonds is 3. The van der Waals surface area contributed by atoms with Gasteiger partial charge in [0.25, 0.3) is 0 Å². The highest BCUT2D eigenvalue weighted by atomic mass is 19.1. The quantitative estimate of drug-likeness (QED) is 0.783. The van der Waals surface area contributed by atoms with Gasteiger partial charge in [-0.3, -0.25) is 0 Å². The molecule has 0 saturated heterocycles. The maximum absolute atomic E-state index is 12.7. The van der Waals surface area contributed by atoms with Crippen LogP contribution >= 0.6 is 0 Å². The Hall–Kier alpha value is -1.62. The zero-order valence-electron chi connectivity index (χ0n) is 10.7. The van der Waals surface area contributed by atoms with Crippen molar-refractivity contribution in [3.8, 4) is 0 Å². The molecule has 0 radical (unpaired) electrons. The zero-order valence-corrected chi connectivity index (χ0v) is 10.7.